The van der Waals surface area contributed by atoms with Crippen LogP contribution in [-0.2, 0) is 35.6 Å². The molecule has 2 heterocycles. The van der Waals surface area contributed by atoms with E-state index in [9.17, 15) is 9.59 Å². The van der Waals surface area contributed by atoms with Crippen LogP contribution in [0.25, 0.3) is 0 Å². The molecule has 1 aromatic heterocycles. The van der Waals surface area contributed by atoms with Crippen molar-refractivity contribution in [2.45, 2.75) is 52.0 Å². The van der Waals surface area contributed by atoms with E-state index in [0.717, 1.165) is 33.7 Å². The Hall–Kier alpha value is -5.14. The molecular weight excluding hydrogens is 586 g/mol. The topological polar surface area (TPSA) is 74.9 Å². The summed E-state index contributed by atoms with van der Waals surface area (Å²) in [5.74, 6) is 0.412. The predicted molar refractivity (Wildman–Crippen MR) is 184 cm³/mol. The number of esters is 1. The number of anilines is 1. The standard InChI is InChI=1S/C40H41N3O4/c1-28(2)38-37-35(24-34(41-37)40(45)46-3)43(26-30-15-9-5-10-16-30)39(44)36(23-29-13-7-4-8-14-29)42(38)25-31-19-21-33(22-20-31)47-27-32-17-11-6-12-18-32/h4-22,24,28,36,38,41H,23,25-27H2,1-3H3/t36-,38?/m0/s1. The SMILES string of the molecule is COC(=O)c1cc2c([nH]1)C(C(C)C)N(Cc1ccc(OCc3ccccc3)cc1)[C@@H](Cc1ccccc1)C(=O)N2Cc1ccccc1. The maximum absolute atomic E-state index is 14.9. The highest BCUT2D eigenvalue weighted by molar-refractivity contribution is 6.00. The van der Waals surface area contributed by atoms with E-state index in [4.69, 9.17) is 9.47 Å². The minimum Gasteiger partial charge on any atom is -0.489 e. The monoisotopic (exact) mass is 627 g/mol. The van der Waals surface area contributed by atoms with E-state index < -0.39 is 12.0 Å². The van der Waals surface area contributed by atoms with Gasteiger partial charge in [-0.05, 0) is 52.8 Å². The summed E-state index contributed by atoms with van der Waals surface area (Å²) < 4.78 is 11.2. The number of ether oxygens (including phenoxy) is 2. The van der Waals surface area contributed by atoms with E-state index in [1.807, 2.05) is 95.9 Å². The van der Waals surface area contributed by atoms with Gasteiger partial charge in [-0.3, -0.25) is 9.69 Å². The summed E-state index contributed by atoms with van der Waals surface area (Å²) >= 11 is 0. The zero-order valence-corrected chi connectivity index (χ0v) is 27.1. The molecule has 0 saturated carbocycles. The van der Waals surface area contributed by atoms with Gasteiger partial charge in [0.15, 0.2) is 0 Å². The smallest absolute Gasteiger partial charge is 0.354 e. The third-order valence-corrected chi connectivity index (χ3v) is 8.75. The fraction of sp³-hybridized carbons (Fsp3) is 0.250. The minimum atomic E-state index is -0.468. The quantitative estimate of drug-likeness (QED) is 0.152. The maximum Gasteiger partial charge on any atom is 0.354 e. The van der Waals surface area contributed by atoms with Crippen molar-refractivity contribution in [2.24, 2.45) is 5.92 Å². The van der Waals surface area contributed by atoms with E-state index in [2.05, 4.69) is 48.0 Å². The van der Waals surface area contributed by atoms with Gasteiger partial charge in [0.25, 0.3) is 0 Å². The summed E-state index contributed by atoms with van der Waals surface area (Å²) in [4.78, 5) is 35.3. The molecule has 0 bridgehead atoms. The lowest BCUT2D eigenvalue weighted by molar-refractivity contribution is -0.125. The highest BCUT2D eigenvalue weighted by atomic mass is 16.5. The average Bonchev–Trinajstić information content (AvgIpc) is 3.51. The van der Waals surface area contributed by atoms with Gasteiger partial charge in [-0.2, -0.15) is 0 Å². The first-order valence-electron chi connectivity index (χ1n) is 16.1. The van der Waals surface area contributed by atoms with Crippen LogP contribution in [0.5, 0.6) is 5.75 Å². The number of nitrogens with one attached hydrogen (secondary N) is 1. The summed E-state index contributed by atoms with van der Waals surface area (Å²) in [6.45, 7) is 5.72. The van der Waals surface area contributed by atoms with Gasteiger partial charge >= 0.3 is 5.97 Å². The van der Waals surface area contributed by atoms with Crippen LogP contribution in [0.15, 0.2) is 121 Å². The second-order valence-corrected chi connectivity index (χ2v) is 12.4. The fourth-order valence-corrected chi connectivity index (χ4v) is 6.47. The zero-order chi connectivity index (χ0) is 32.8. The first kappa shape index (κ1) is 31.8. The van der Waals surface area contributed by atoms with Gasteiger partial charge in [-0.1, -0.05) is 117 Å². The van der Waals surface area contributed by atoms with Crippen molar-refractivity contribution >= 4 is 17.6 Å². The number of aromatic nitrogens is 1. The van der Waals surface area contributed by atoms with Gasteiger partial charge in [0, 0.05) is 6.54 Å². The molecule has 47 heavy (non-hydrogen) atoms. The molecule has 6 rings (SSSR count). The largest absolute Gasteiger partial charge is 0.489 e. The van der Waals surface area contributed by atoms with E-state index >= 15 is 0 Å². The Morgan fingerprint density at radius 2 is 1.34 bits per heavy atom. The summed E-state index contributed by atoms with van der Waals surface area (Å²) in [5.41, 5.74) is 6.14. The molecule has 1 aliphatic rings. The van der Waals surface area contributed by atoms with Crippen LogP contribution < -0.4 is 9.64 Å². The number of rotatable bonds is 11. The molecule has 1 unspecified atom stereocenters. The summed E-state index contributed by atoms with van der Waals surface area (Å²) in [6.07, 6.45) is 0.542. The van der Waals surface area contributed by atoms with Crippen LogP contribution in [-0.4, -0.2) is 34.9 Å². The zero-order valence-electron chi connectivity index (χ0n) is 27.1. The van der Waals surface area contributed by atoms with Crippen LogP contribution in [0, 0.1) is 5.92 Å². The molecule has 1 amide bonds. The Kier molecular flexibility index (Phi) is 9.83. The number of H-pyrrole nitrogens is 1. The summed E-state index contributed by atoms with van der Waals surface area (Å²) in [6, 6.07) is 39.5. The second-order valence-electron chi connectivity index (χ2n) is 12.4. The van der Waals surface area contributed by atoms with Crippen LogP contribution in [0.4, 0.5) is 5.69 Å². The average molecular weight is 628 g/mol. The van der Waals surface area contributed by atoms with Crippen molar-refractivity contribution in [3.63, 3.8) is 0 Å². The van der Waals surface area contributed by atoms with E-state index in [-0.39, 0.29) is 17.9 Å². The lowest BCUT2D eigenvalue weighted by Gasteiger charge is -2.38. The molecule has 5 aromatic rings. The van der Waals surface area contributed by atoms with Gasteiger partial charge in [-0.15, -0.1) is 0 Å². The highest BCUT2D eigenvalue weighted by Gasteiger charge is 2.43. The third-order valence-electron chi connectivity index (χ3n) is 8.75. The molecule has 0 spiro atoms. The number of aromatic amines is 1. The highest BCUT2D eigenvalue weighted by Crippen LogP contribution is 2.42. The molecule has 240 valence electrons. The lowest BCUT2D eigenvalue weighted by Crippen LogP contribution is -2.49. The van der Waals surface area contributed by atoms with Crippen molar-refractivity contribution in [1.29, 1.82) is 0 Å². The molecule has 1 N–H and O–H groups in total. The predicted octanol–water partition coefficient (Wildman–Crippen LogP) is 7.74. The van der Waals surface area contributed by atoms with E-state index in [1.165, 1.54) is 7.11 Å². The molecule has 0 aliphatic carbocycles. The number of methoxy groups -OCH3 is 1. The van der Waals surface area contributed by atoms with Crippen LogP contribution >= 0.6 is 0 Å². The normalized spacial score (nSPS) is 16.5. The van der Waals surface area contributed by atoms with Crippen molar-refractivity contribution in [2.75, 3.05) is 12.0 Å². The Morgan fingerprint density at radius 1 is 0.766 bits per heavy atom. The summed E-state index contributed by atoms with van der Waals surface area (Å²) in [5, 5.41) is 0. The molecule has 0 fully saturated rings. The van der Waals surface area contributed by atoms with Crippen LogP contribution in [0.1, 0.15) is 58.3 Å². The molecule has 4 aromatic carbocycles. The van der Waals surface area contributed by atoms with Gasteiger partial charge in [0.05, 0.1) is 37.1 Å². The van der Waals surface area contributed by atoms with Crippen molar-refractivity contribution in [3.8, 4) is 5.75 Å². The number of carbonyl (C=O) groups is 2. The number of hydrogen-bond donors (Lipinski definition) is 1. The molecule has 0 saturated heterocycles. The van der Waals surface area contributed by atoms with Crippen LogP contribution in [0.3, 0.4) is 0 Å². The van der Waals surface area contributed by atoms with E-state index in [0.29, 0.717) is 37.5 Å². The van der Waals surface area contributed by atoms with Gasteiger partial charge in [0.1, 0.15) is 18.1 Å². The van der Waals surface area contributed by atoms with Gasteiger partial charge in [0.2, 0.25) is 5.91 Å². The first-order valence-corrected chi connectivity index (χ1v) is 16.1. The Balaban J connectivity index is 1.40. The van der Waals surface area contributed by atoms with Crippen LogP contribution in [0.2, 0.25) is 0 Å². The van der Waals surface area contributed by atoms with Crippen molar-refractivity contribution in [1.82, 2.24) is 9.88 Å². The molecule has 0 radical (unpaired) electrons. The molecular formula is C40H41N3O4. The Bertz CT molecular complexity index is 1770. The van der Waals surface area contributed by atoms with Gasteiger partial charge in [-0.25, -0.2) is 4.79 Å². The minimum absolute atomic E-state index is 0.0136. The Labute approximate surface area is 276 Å². The lowest BCUT2D eigenvalue weighted by atomic mass is 9.94. The number of amides is 1. The first-order chi connectivity index (χ1) is 22.9. The molecule has 1 aliphatic heterocycles. The number of nitrogens with zero attached hydrogens (tertiary/aromatic N) is 2. The fourth-order valence-electron chi connectivity index (χ4n) is 6.47. The number of hydrogen-bond acceptors (Lipinski definition) is 5. The maximum atomic E-state index is 14.9. The van der Waals surface area contributed by atoms with E-state index in [1.54, 1.807) is 6.07 Å². The summed E-state index contributed by atoms with van der Waals surface area (Å²) in [7, 11) is 1.37. The number of carbonyl (C=O) groups excluding carboxylic acids is 2. The molecule has 2 atom stereocenters. The number of fused-ring (bicyclic) bond motifs is 1. The second kappa shape index (κ2) is 14.5. The third kappa shape index (κ3) is 7.31. The Morgan fingerprint density at radius 3 is 1.94 bits per heavy atom. The molecule has 7 nitrogen and oxygen atoms in total. The van der Waals surface area contributed by atoms with Crippen molar-refractivity contribution in [3.05, 3.63) is 155 Å². The van der Waals surface area contributed by atoms with Crippen molar-refractivity contribution < 1.29 is 19.1 Å². The molecule has 7 heteroatoms. The van der Waals surface area contributed by atoms with Gasteiger partial charge < -0.3 is 19.4 Å². The number of benzene rings is 4.